The van der Waals surface area contributed by atoms with Crippen LogP contribution in [0.3, 0.4) is 0 Å². The summed E-state index contributed by atoms with van der Waals surface area (Å²) in [7, 11) is 3.44. The van der Waals surface area contributed by atoms with E-state index in [-0.39, 0.29) is 30.4 Å². The van der Waals surface area contributed by atoms with Crippen molar-refractivity contribution in [3.05, 3.63) is 30.2 Å². The number of halogens is 4. The number of aryl methyl sites for hydroxylation is 1. The van der Waals surface area contributed by atoms with Gasteiger partial charge in [-0.3, -0.25) is 4.57 Å². The topological polar surface area (TPSA) is 102 Å². The van der Waals surface area contributed by atoms with Gasteiger partial charge < -0.3 is 16.0 Å². The molecule has 4 aromatic heterocycles. The molecule has 0 atom stereocenters. The summed E-state index contributed by atoms with van der Waals surface area (Å²) in [6, 6.07) is 5.19. The number of hydrogen-bond acceptors (Lipinski definition) is 7. The van der Waals surface area contributed by atoms with Gasteiger partial charge in [0.2, 0.25) is 5.95 Å². The molecule has 0 spiro atoms. The van der Waals surface area contributed by atoms with Crippen LogP contribution in [0.5, 0.6) is 0 Å². The molecular formula is C21H25F4N9. The number of anilines is 2. The highest BCUT2D eigenvalue weighted by atomic mass is 19.3. The molecule has 9 nitrogen and oxygen atoms in total. The van der Waals surface area contributed by atoms with E-state index in [0.29, 0.717) is 34.5 Å². The van der Waals surface area contributed by atoms with Gasteiger partial charge in [-0.1, -0.05) is 0 Å². The maximum atomic E-state index is 13.3. The van der Waals surface area contributed by atoms with Crippen LogP contribution in [-0.4, -0.2) is 67.1 Å². The highest BCUT2D eigenvalue weighted by molar-refractivity contribution is 5.89. The van der Waals surface area contributed by atoms with E-state index in [1.165, 1.54) is 6.92 Å². The molecule has 1 aliphatic heterocycles. The van der Waals surface area contributed by atoms with Crippen molar-refractivity contribution < 1.29 is 17.6 Å². The Hall–Kier alpha value is -3.48. The minimum atomic E-state index is -2.71. The van der Waals surface area contributed by atoms with E-state index in [4.69, 9.17) is 5.73 Å². The van der Waals surface area contributed by atoms with Crippen molar-refractivity contribution in [1.29, 1.82) is 0 Å². The number of fused-ring (bicyclic) bond motifs is 2. The average molecular weight is 479 g/mol. The second-order valence-corrected chi connectivity index (χ2v) is 8.13. The van der Waals surface area contributed by atoms with Gasteiger partial charge in [0, 0.05) is 25.2 Å². The lowest BCUT2D eigenvalue weighted by atomic mass is 10.1. The fourth-order valence-corrected chi connectivity index (χ4v) is 4.05. The summed E-state index contributed by atoms with van der Waals surface area (Å²) >= 11 is 0. The van der Waals surface area contributed by atoms with Gasteiger partial charge in [-0.25, -0.2) is 23.3 Å². The fraction of sp³-hybridized carbons (Fsp3) is 0.429. The number of hydrogen-bond donors (Lipinski definition) is 2. The molecule has 0 aliphatic carbocycles. The van der Waals surface area contributed by atoms with E-state index < -0.39 is 12.5 Å². The monoisotopic (exact) mass is 479 g/mol. The van der Waals surface area contributed by atoms with Gasteiger partial charge in [0.1, 0.15) is 16.9 Å². The van der Waals surface area contributed by atoms with Crippen LogP contribution in [0, 0.1) is 6.92 Å². The Labute approximate surface area is 192 Å². The number of rotatable bonds is 3. The molecule has 1 saturated heterocycles. The van der Waals surface area contributed by atoms with E-state index >= 15 is 0 Å². The molecular weight excluding hydrogens is 454 g/mol. The van der Waals surface area contributed by atoms with Gasteiger partial charge in [0.05, 0.1) is 12.2 Å². The SMILES string of the molecule is CN1CCCC(F)(F)C1.CNc1nc(N)nn2ccc(-c3ccc4nc(C)n(C(F)F)c4n3)c12. The first-order valence-corrected chi connectivity index (χ1v) is 10.6. The average Bonchev–Trinajstić information content (AvgIpc) is 3.32. The lowest BCUT2D eigenvalue weighted by molar-refractivity contribution is -0.0571. The zero-order chi connectivity index (χ0) is 24.6. The number of pyridine rings is 1. The predicted molar refractivity (Wildman–Crippen MR) is 121 cm³/mol. The van der Waals surface area contributed by atoms with Crippen LogP contribution in [-0.2, 0) is 0 Å². The first-order valence-electron chi connectivity index (χ1n) is 10.6. The van der Waals surface area contributed by atoms with E-state index in [2.05, 4.69) is 25.4 Å². The minimum Gasteiger partial charge on any atom is -0.371 e. The third-order valence-electron chi connectivity index (χ3n) is 5.53. The first kappa shape index (κ1) is 23.7. The summed E-state index contributed by atoms with van der Waals surface area (Å²) < 4.78 is 53.8. The Morgan fingerprint density at radius 2 is 1.91 bits per heavy atom. The molecule has 182 valence electrons. The summed E-state index contributed by atoms with van der Waals surface area (Å²) in [6.45, 7) is -0.436. The van der Waals surface area contributed by atoms with Crippen LogP contribution >= 0.6 is 0 Å². The Morgan fingerprint density at radius 1 is 1.15 bits per heavy atom. The number of aromatic nitrogens is 6. The highest BCUT2D eigenvalue weighted by Gasteiger charge is 2.33. The number of likely N-dealkylation sites (tertiary alicyclic amines) is 1. The molecule has 0 unspecified atom stereocenters. The van der Waals surface area contributed by atoms with E-state index in [1.54, 1.807) is 47.9 Å². The van der Waals surface area contributed by atoms with E-state index in [1.807, 2.05) is 0 Å². The maximum absolute atomic E-state index is 13.3. The van der Waals surface area contributed by atoms with Crippen LogP contribution in [0.4, 0.5) is 29.3 Å². The Bertz CT molecular complexity index is 1310. The largest absolute Gasteiger partial charge is 0.371 e. The fourth-order valence-electron chi connectivity index (χ4n) is 4.05. The van der Waals surface area contributed by atoms with Crippen LogP contribution in [0.2, 0.25) is 0 Å². The molecule has 0 saturated carbocycles. The molecule has 13 heteroatoms. The molecule has 34 heavy (non-hydrogen) atoms. The molecule has 0 radical (unpaired) electrons. The summed E-state index contributed by atoms with van der Waals surface area (Å²) in [4.78, 5) is 14.4. The van der Waals surface area contributed by atoms with Crippen molar-refractivity contribution >= 4 is 28.4 Å². The van der Waals surface area contributed by atoms with Crippen molar-refractivity contribution in [3.63, 3.8) is 0 Å². The van der Waals surface area contributed by atoms with Gasteiger partial charge in [-0.15, -0.1) is 5.10 Å². The number of alkyl halides is 4. The van der Waals surface area contributed by atoms with Crippen LogP contribution in [0.25, 0.3) is 27.9 Å². The van der Waals surface area contributed by atoms with Crippen LogP contribution in [0.1, 0.15) is 25.2 Å². The second kappa shape index (κ2) is 9.05. The summed E-state index contributed by atoms with van der Waals surface area (Å²) in [6.07, 6.45) is 2.41. The molecule has 0 amide bonds. The van der Waals surface area contributed by atoms with Crippen molar-refractivity contribution in [1.82, 2.24) is 34.0 Å². The predicted octanol–water partition coefficient (Wildman–Crippen LogP) is 3.82. The molecule has 5 heterocycles. The highest BCUT2D eigenvalue weighted by Crippen LogP contribution is 2.31. The lowest BCUT2D eigenvalue weighted by Gasteiger charge is -2.28. The van der Waals surface area contributed by atoms with Crippen LogP contribution < -0.4 is 11.1 Å². The molecule has 4 aromatic rings. The zero-order valence-corrected chi connectivity index (χ0v) is 18.9. The summed E-state index contributed by atoms with van der Waals surface area (Å²) in [5.74, 6) is -1.57. The van der Waals surface area contributed by atoms with Crippen molar-refractivity contribution in [2.75, 3.05) is 38.2 Å². The number of nitrogens with zero attached hydrogens (tertiary/aromatic N) is 7. The second-order valence-electron chi connectivity index (χ2n) is 8.13. The quantitative estimate of drug-likeness (QED) is 0.431. The number of nitrogens with one attached hydrogen (secondary N) is 1. The van der Waals surface area contributed by atoms with Crippen molar-refractivity contribution in [2.24, 2.45) is 0 Å². The lowest BCUT2D eigenvalue weighted by Crippen LogP contribution is -2.39. The number of imidazole rings is 1. The van der Waals surface area contributed by atoms with Gasteiger partial charge in [-0.05, 0) is 45.1 Å². The van der Waals surface area contributed by atoms with Crippen molar-refractivity contribution in [3.8, 4) is 11.3 Å². The van der Waals surface area contributed by atoms with Gasteiger partial charge in [0.15, 0.2) is 11.5 Å². The molecule has 1 aliphatic rings. The number of piperidine rings is 1. The minimum absolute atomic E-state index is 0.0625. The Balaban J connectivity index is 0.000000257. The van der Waals surface area contributed by atoms with Gasteiger partial charge in [-0.2, -0.15) is 13.8 Å². The smallest absolute Gasteiger partial charge is 0.321 e. The molecule has 0 bridgehead atoms. The zero-order valence-electron chi connectivity index (χ0n) is 18.9. The third kappa shape index (κ3) is 4.60. The normalized spacial score (nSPS) is 16.1. The number of nitrogens with two attached hydrogens (primary N) is 1. The van der Waals surface area contributed by atoms with E-state index in [0.717, 1.165) is 11.1 Å². The summed E-state index contributed by atoms with van der Waals surface area (Å²) in [5.41, 5.74) is 8.10. The Morgan fingerprint density at radius 3 is 2.53 bits per heavy atom. The third-order valence-corrected chi connectivity index (χ3v) is 5.53. The van der Waals surface area contributed by atoms with Crippen molar-refractivity contribution in [2.45, 2.75) is 32.2 Å². The van der Waals surface area contributed by atoms with Crippen LogP contribution in [0.15, 0.2) is 24.4 Å². The van der Waals surface area contributed by atoms with Gasteiger partial charge >= 0.3 is 6.55 Å². The van der Waals surface area contributed by atoms with E-state index in [9.17, 15) is 17.6 Å². The standard InChI is InChI=1S/C15H14F2N8.C6H11F2N/c1-7-20-10-4-3-9(21-13(10)25(7)14(16)17)8-5-6-24-11(8)12(19-2)22-15(18)23-24;1-9-4-2-3-6(7,8)5-9/h3-6,14H,1-2H3,(H3,18,19,22,23);2-5H2,1H3. The summed E-state index contributed by atoms with van der Waals surface area (Å²) in [5, 5.41) is 7.08. The molecule has 3 N–H and O–H groups in total. The van der Waals surface area contributed by atoms with Gasteiger partial charge in [0.25, 0.3) is 5.92 Å². The molecule has 1 fully saturated rings. The maximum Gasteiger partial charge on any atom is 0.321 e. The molecule has 5 rings (SSSR count). The first-order chi connectivity index (χ1) is 16.1. The molecule has 0 aromatic carbocycles. The number of nitrogen functional groups attached to an aromatic ring is 1. The Kier molecular flexibility index (Phi) is 6.30.